The average Bonchev–Trinajstić information content (AvgIpc) is 2.68. The first-order chi connectivity index (χ1) is 10.9. The lowest BCUT2D eigenvalue weighted by molar-refractivity contribution is -0.121. The van der Waals surface area contributed by atoms with Crippen LogP contribution < -0.4 is 4.90 Å². The number of carbonyl (C=O) groups is 2. The van der Waals surface area contributed by atoms with Crippen LogP contribution in [0.4, 0.5) is 5.69 Å². The molecule has 122 valence electrons. The minimum Gasteiger partial charge on any atom is -0.365 e. The molecule has 0 aromatic heterocycles. The van der Waals surface area contributed by atoms with Gasteiger partial charge in [-0.1, -0.05) is 41.7 Å². The Morgan fingerprint density at radius 3 is 2.30 bits per heavy atom. The number of rotatable bonds is 2. The van der Waals surface area contributed by atoms with Crippen molar-refractivity contribution in [3.8, 4) is 0 Å². The molecular weight excluding hydrogens is 359 g/mol. The average molecular weight is 374 g/mol. The Morgan fingerprint density at radius 1 is 1.04 bits per heavy atom. The number of anilines is 1. The van der Waals surface area contributed by atoms with Crippen molar-refractivity contribution in [2.24, 2.45) is 5.92 Å². The van der Waals surface area contributed by atoms with Crippen LogP contribution in [0.1, 0.15) is 19.8 Å². The fraction of sp³-hybridized carbons (Fsp3) is 0.375. The smallest absolute Gasteiger partial charge is 0.283 e. The standard InChI is InChI=1S/C16H15Cl3N2O2/c1-9-3-2-4-20(8-9)14-13(19)15(22)21(16(14)23)12-6-10(17)5-11(18)7-12/h5-7,9H,2-4,8H2,1H3/t9-/m1/s1. The van der Waals surface area contributed by atoms with Crippen LogP contribution in [0, 0.1) is 5.92 Å². The van der Waals surface area contributed by atoms with Crippen molar-refractivity contribution in [3.05, 3.63) is 39.0 Å². The molecule has 2 aliphatic rings. The third kappa shape index (κ3) is 3.08. The SMILES string of the molecule is C[C@@H]1CCCN(C2=C(Cl)C(=O)N(c3cc(Cl)cc(Cl)c3)C2=O)C1. The summed E-state index contributed by atoms with van der Waals surface area (Å²) in [5.74, 6) is -0.506. The quantitative estimate of drug-likeness (QED) is 0.734. The molecule has 0 unspecified atom stereocenters. The van der Waals surface area contributed by atoms with E-state index >= 15 is 0 Å². The van der Waals surface area contributed by atoms with E-state index in [9.17, 15) is 9.59 Å². The Labute approximate surface area is 149 Å². The molecule has 1 saturated heterocycles. The van der Waals surface area contributed by atoms with Crippen molar-refractivity contribution in [2.75, 3.05) is 18.0 Å². The molecule has 1 atom stereocenters. The number of hydrogen-bond acceptors (Lipinski definition) is 3. The van der Waals surface area contributed by atoms with Crippen LogP contribution in [0.5, 0.6) is 0 Å². The Balaban J connectivity index is 1.95. The van der Waals surface area contributed by atoms with Crippen LogP contribution in [-0.2, 0) is 9.59 Å². The zero-order chi connectivity index (χ0) is 16.7. The Morgan fingerprint density at radius 2 is 1.70 bits per heavy atom. The first kappa shape index (κ1) is 16.6. The summed E-state index contributed by atoms with van der Waals surface area (Å²) < 4.78 is 0. The van der Waals surface area contributed by atoms with Gasteiger partial charge in [0.2, 0.25) is 0 Å². The molecule has 0 radical (unpaired) electrons. The van der Waals surface area contributed by atoms with E-state index in [1.165, 1.54) is 12.1 Å². The third-order valence-corrected chi connectivity index (χ3v) is 4.86. The van der Waals surface area contributed by atoms with E-state index in [1.54, 1.807) is 6.07 Å². The Hall–Kier alpha value is -1.23. The second-order valence-corrected chi connectivity index (χ2v) is 7.18. The molecule has 0 aliphatic carbocycles. The molecule has 2 amide bonds. The summed E-state index contributed by atoms with van der Waals surface area (Å²) in [6.07, 6.45) is 2.08. The van der Waals surface area contributed by atoms with Crippen LogP contribution >= 0.6 is 34.8 Å². The van der Waals surface area contributed by atoms with E-state index in [2.05, 4.69) is 6.92 Å². The second-order valence-electron chi connectivity index (χ2n) is 5.93. The van der Waals surface area contributed by atoms with Crippen molar-refractivity contribution in [3.63, 3.8) is 0 Å². The van der Waals surface area contributed by atoms with Crippen molar-refractivity contribution in [2.45, 2.75) is 19.8 Å². The first-order valence-corrected chi connectivity index (χ1v) is 8.51. The topological polar surface area (TPSA) is 40.6 Å². The molecule has 2 aliphatic heterocycles. The first-order valence-electron chi connectivity index (χ1n) is 7.38. The summed E-state index contributed by atoms with van der Waals surface area (Å²) in [6.45, 7) is 3.56. The van der Waals surface area contributed by atoms with Gasteiger partial charge < -0.3 is 4.90 Å². The van der Waals surface area contributed by atoms with Crippen LogP contribution in [0.3, 0.4) is 0 Å². The zero-order valence-corrected chi connectivity index (χ0v) is 14.8. The van der Waals surface area contributed by atoms with Gasteiger partial charge in [-0.05, 0) is 37.0 Å². The van der Waals surface area contributed by atoms with E-state index in [1.807, 2.05) is 4.90 Å². The van der Waals surface area contributed by atoms with Crippen molar-refractivity contribution >= 4 is 52.3 Å². The molecule has 0 bridgehead atoms. The molecule has 23 heavy (non-hydrogen) atoms. The normalized spacial score (nSPS) is 22.3. The summed E-state index contributed by atoms with van der Waals surface area (Å²) in [5.41, 5.74) is 0.607. The van der Waals surface area contributed by atoms with Gasteiger partial charge in [-0.3, -0.25) is 9.59 Å². The number of halogens is 3. The summed E-state index contributed by atoms with van der Waals surface area (Å²) in [6, 6.07) is 4.59. The lowest BCUT2D eigenvalue weighted by Crippen LogP contribution is -2.39. The van der Waals surface area contributed by atoms with Crippen LogP contribution in [-0.4, -0.2) is 29.8 Å². The van der Waals surface area contributed by atoms with E-state index in [4.69, 9.17) is 34.8 Å². The molecule has 1 fully saturated rings. The maximum absolute atomic E-state index is 12.8. The summed E-state index contributed by atoms with van der Waals surface area (Å²) in [5, 5.41) is 0.661. The molecule has 0 saturated carbocycles. The van der Waals surface area contributed by atoms with E-state index < -0.39 is 11.8 Å². The number of likely N-dealkylation sites (tertiary alicyclic amines) is 1. The highest BCUT2D eigenvalue weighted by Gasteiger charge is 2.42. The number of hydrogen-bond donors (Lipinski definition) is 0. The van der Waals surface area contributed by atoms with E-state index in [-0.39, 0.29) is 10.7 Å². The number of imide groups is 1. The largest absolute Gasteiger partial charge is 0.365 e. The van der Waals surface area contributed by atoms with Gasteiger partial charge in [0, 0.05) is 23.1 Å². The molecule has 7 heteroatoms. The predicted molar refractivity (Wildman–Crippen MR) is 91.8 cm³/mol. The molecule has 0 N–H and O–H groups in total. The molecule has 1 aromatic carbocycles. The summed E-state index contributed by atoms with van der Waals surface area (Å²) >= 11 is 18.1. The van der Waals surface area contributed by atoms with Crippen molar-refractivity contribution in [1.29, 1.82) is 0 Å². The third-order valence-electron chi connectivity index (χ3n) is 4.08. The number of piperidine rings is 1. The van der Waals surface area contributed by atoms with E-state index in [0.29, 0.717) is 28.2 Å². The molecule has 1 aromatic rings. The van der Waals surface area contributed by atoms with Gasteiger partial charge in [-0.15, -0.1) is 0 Å². The number of carbonyl (C=O) groups excluding carboxylic acids is 2. The van der Waals surface area contributed by atoms with Gasteiger partial charge in [0.15, 0.2) is 0 Å². The highest BCUT2D eigenvalue weighted by atomic mass is 35.5. The minimum atomic E-state index is -0.539. The van der Waals surface area contributed by atoms with Crippen molar-refractivity contribution < 1.29 is 9.59 Å². The van der Waals surface area contributed by atoms with Gasteiger partial charge in [-0.25, -0.2) is 4.90 Å². The summed E-state index contributed by atoms with van der Waals surface area (Å²) in [7, 11) is 0. The van der Waals surface area contributed by atoms with Gasteiger partial charge in [0.05, 0.1) is 5.69 Å². The number of amides is 2. The lowest BCUT2D eigenvalue weighted by Gasteiger charge is -2.33. The second kappa shape index (κ2) is 6.34. The van der Waals surface area contributed by atoms with E-state index in [0.717, 1.165) is 24.3 Å². The zero-order valence-electron chi connectivity index (χ0n) is 12.5. The molecule has 4 nitrogen and oxygen atoms in total. The van der Waals surface area contributed by atoms with Gasteiger partial charge in [-0.2, -0.15) is 0 Å². The highest BCUT2D eigenvalue weighted by Crippen LogP contribution is 2.35. The Kier molecular flexibility index (Phi) is 4.59. The highest BCUT2D eigenvalue weighted by molar-refractivity contribution is 6.52. The molecular formula is C16H15Cl3N2O2. The number of nitrogens with zero attached hydrogens (tertiary/aromatic N) is 2. The van der Waals surface area contributed by atoms with Crippen molar-refractivity contribution in [1.82, 2.24) is 4.90 Å². The molecule has 0 spiro atoms. The van der Waals surface area contributed by atoms with Crippen LogP contribution in [0.2, 0.25) is 10.0 Å². The van der Waals surface area contributed by atoms with Crippen LogP contribution in [0.15, 0.2) is 28.9 Å². The maximum Gasteiger partial charge on any atom is 0.283 e. The molecule has 3 rings (SSSR count). The number of benzene rings is 1. The monoisotopic (exact) mass is 372 g/mol. The maximum atomic E-state index is 12.8. The fourth-order valence-corrected chi connectivity index (χ4v) is 3.86. The minimum absolute atomic E-state index is 0.0415. The lowest BCUT2D eigenvalue weighted by atomic mass is 10.00. The summed E-state index contributed by atoms with van der Waals surface area (Å²) in [4.78, 5) is 28.2. The van der Waals surface area contributed by atoms with Gasteiger partial charge >= 0.3 is 0 Å². The Bertz CT molecular complexity index is 697. The molecule has 2 heterocycles. The fourth-order valence-electron chi connectivity index (χ4n) is 3.06. The van der Waals surface area contributed by atoms with Gasteiger partial charge in [0.25, 0.3) is 11.8 Å². The van der Waals surface area contributed by atoms with Gasteiger partial charge in [0.1, 0.15) is 10.7 Å². The van der Waals surface area contributed by atoms with Crippen LogP contribution in [0.25, 0.3) is 0 Å². The predicted octanol–water partition coefficient (Wildman–Crippen LogP) is 4.05.